The molecule has 0 amide bonds. The molecule has 1 aliphatic heterocycles. The minimum atomic E-state index is -1.26. The third-order valence-electron chi connectivity index (χ3n) is 6.82. The highest BCUT2D eigenvalue weighted by Gasteiger charge is 2.34. The highest BCUT2D eigenvalue weighted by molar-refractivity contribution is 6.09. The fourth-order valence-corrected chi connectivity index (χ4v) is 5.27. The minimum Gasteiger partial charge on any atom is -0.478 e. The van der Waals surface area contributed by atoms with Gasteiger partial charge in [0.15, 0.2) is 0 Å². The number of hydrogen-bond donors (Lipinski definition) is 3. The van der Waals surface area contributed by atoms with Crippen molar-refractivity contribution in [3.05, 3.63) is 59.8 Å². The highest BCUT2D eigenvalue weighted by Crippen LogP contribution is 2.41. The predicted octanol–water partition coefficient (Wildman–Crippen LogP) is 5.20. The summed E-state index contributed by atoms with van der Waals surface area (Å²) in [4.78, 5) is 24.5. The van der Waals surface area contributed by atoms with Gasteiger partial charge in [-0.15, -0.1) is 0 Å². The van der Waals surface area contributed by atoms with E-state index in [0.717, 1.165) is 18.4 Å². The van der Waals surface area contributed by atoms with Gasteiger partial charge in [0.05, 0.1) is 11.8 Å². The average molecular weight is 453 g/mol. The lowest BCUT2D eigenvalue weighted by Crippen LogP contribution is -2.25. The quantitative estimate of drug-likeness (QED) is 0.407. The first-order chi connectivity index (χ1) is 16.0. The summed E-state index contributed by atoms with van der Waals surface area (Å²) in [5.41, 5.74) is 3.85. The van der Waals surface area contributed by atoms with E-state index in [1.807, 2.05) is 0 Å². The van der Waals surface area contributed by atoms with E-state index >= 15 is 0 Å². The summed E-state index contributed by atoms with van der Waals surface area (Å²) < 4.78 is 0. The molecule has 3 N–H and O–H groups in total. The standard InChI is InChI=1S/C23H32N2.C4H4O4/c1-3-9-18(10-4-1)21-14-7-15-22(21)25-23(17-20-13-8-16-24-20)19-11-5-2-6-12-19;5-3(6)1-2-4(7)8/h2,5-6,11-12,17-18,21-22,24H,1,3-4,7-10,13-16H2;1-2H,(H,5,6)(H,7,8)/b;2-1+/t21-,22+;/m0./s1. The summed E-state index contributed by atoms with van der Waals surface area (Å²) >= 11 is 0. The van der Waals surface area contributed by atoms with E-state index in [0.29, 0.717) is 18.2 Å². The molecule has 0 unspecified atom stereocenters. The van der Waals surface area contributed by atoms with E-state index in [1.54, 1.807) is 0 Å². The van der Waals surface area contributed by atoms with E-state index in [1.165, 1.54) is 81.2 Å². The van der Waals surface area contributed by atoms with Crippen molar-refractivity contribution in [2.75, 3.05) is 6.54 Å². The molecule has 1 aromatic carbocycles. The van der Waals surface area contributed by atoms with Crippen LogP contribution in [-0.2, 0) is 9.59 Å². The number of hydrogen-bond acceptors (Lipinski definition) is 4. The Hall–Kier alpha value is -2.89. The molecule has 1 aromatic rings. The van der Waals surface area contributed by atoms with Crippen LogP contribution in [0.3, 0.4) is 0 Å². The molecule has 2 atom stereocenters. The molecule has 3 fully saturated rings. The lowest BCUT2D eigenvalue weighted by atomic mass is 9.78. The number of aliphatic imine (C=N–C) groups is 1. The summed E-state index contributed by atoms with van der Waals surface area (Å²) in [5, 5.41) is 19.2. The van der Waals surface area contributed by atoms with Crippen LogP contribution >= 0.6 is 0 Å². The number of carbonyl (C=O) groups is 2. The number of nitrogens with one attached hydrogen (secondary N) is 1. The Morgan fingerprint density at radius 2 is 1.58 bits per heavy atom. The van der Waals surface area contributed by atoms with Crippen LogP contribution in [0.4, 0.5) is 0 Å². The highest BCUT2D eigenvalue weighted by atomic mass is 16.4. The van der Waals surface area contributed by atoms with Gasteiger partial charge in [0.2, 0.25) is 0 Å². The molecule has 1 heterocycles. The van der Waals surface area contributed by atoms with Crippen LogP contribution in [0.2, 0.25) is 0 Å². The molecule has 6 heteroatoms. The first kappa shape index (κ1) is 24.7. The second kappa shape index (κ2) is 13.0. The monoisotopic (exact) mass is 452 g/mol. The van der Waals surface area contributed by atoms with Crippen molar-refractivity contribution in [2.24, 2.45) is 16.8 Å². The van der Waals surface area contributed by atoms with Crippen molar-refractivity contribution >= 4 is 17.7 Å². The Morgan fingerprint density at radius 1 is 0.879 bits per heavy atom. The smallest absolute Gasteiger partial charge is 0.328 e. The summed E-state index contributed by atoms with van der Waals surface area (Å²) in [6.07, 6.45) is 17.1. The van der Waals surface area contributed by atoms with E-state index in [4.69, 9.17) is 15.2 Å². The van der Waals surface area contributed by atoms with Crippen LogP contribution < -0.4 is 5.32 Å². The zero-order valence-electron chi connectivity index (χ0n) is 19.3. The number of aliphatic carboxylic acids is 2. The third kappa shape index (κ3) is 8.19. The van der Waals surface area contributed by atoms with Gasteiger partial charge in [0.25, 0.3) is 0 Å². The van der Waals surface area contributed by atoms with E-state index in [9.17, 15) is 9.59 Å². The zero-order chi connectivity index (χ0) is 23.5. The van der Waals surface area contributed by atoms with Crippen molar-refractivity contribution in [1.29, 1.82) is 0 Å². The van der Waals surface area contributed by atoms with Crippen LogP contribution in [0.25, 0.3) is 0 Å². The molecule has 0 radical (unpaired) electrons. The molecule has 3 aliphatic rings. The summed E-state index contributed by atoms with van der Waals surface area (Å²) in [7, 11) is 0. The molecule has 0 bridgehead atoms. The third-order valence-corrected chi connectivity index (χ3v) is 6.82. The summed E-state index contributed by atoms with van der Waals surface area (Å²) in [6, 6.07) is 11.3. The molecule has 0 aromatic heterocycles. The number of carboxylic acid groups (broad SMARTS) is 2. The lowest BCUT2D eigenvalue weighted by molar-refractivity contribution is -0.134. The lowest BCUT2D eigenvalue weighted by Gasteiger charge is -2.30. The van der Waals surface area contributed by atoms with Crippen molar-refractivity contribution in [2.45, 2.75) is 70.3 Å². The molecule has 2 saturated carbocycles. The Kier molecular flexibility index (Phi) is 9.73. The first-order valence-electron chi connectivity index (χ1n) is 12.2. The molecule has 0 spiro atoms. The predicted molar refractivity (Wildman–Crippen MR) is 130 cm³/mol. The molecular formula is C27H36N2O4. The van der Waals surface area contributed by atoms with Crippen LogP contribution in [0, 0.1) is 11.8 Å². The van der Waals surface area contributed by atoms with E-state index in [2.05, 4.69) is 41.7 Å². The molecule has 6 nitrogen and oxygen atoms in total. The number of nitrogens with zero attached hydrogens (tertiary/aromatic N) is 1. The molecule has 2 aliphatic carbocycles. The Labute approximate surface area is 196 Å². The molecule has 4 rings (SSSR count). The minimum absolute atomic E-state index is 0.538. The molecule has 178 valence electrons. The number of carboxylic acids is 2. The fraction of sp³-hybridized carbons (Fsp3) is 0.519. The van der Waals surface area contributed by atoms with Crippen LogP contribution in [0.1, 0.15) is 69.8 Å². The van der Waals surface area contributed by atoms with Crippen LogP contribution in [0.5, 0.6) is 0 Å². The largest absolute Gasteiger partial charge is 0.478 e. The number of allylic oxidation sites excluding steroid dienone is 2. The summed E-state index contributed by atoms with van der Waals surface area (Å²) in [6.45, 7) is 1.11. The molecular weight excluding hydrogens is 416 g/mol. The maximum Gasteiger partial charge on any atom is 0.328 e. The second-order valence-corrected chi connectivity index (χ2v) is 9.15. The average Bonchev–Trinajstić information content (AvgIpc) is 3.51. The van der Waals surface area contributed by atoms with Gasteiger partial charge in [0, 0.05) is 24.4 Å². The van der Waals surface area contributed by atoms with Crippen molar-refractivity contribution in [1.82, 2.24) is 5.32 Å². The summed E-state index contributed by atoms with van der Waals surface area (Å²) in [5.74, 6) is -0.756. The normalized spacial score (nSPS) is 25.0. The fourth-order valence-electron chi connectivity index (χ4n) is 5.27. The van der Waals surface area contributed by atoms with Gasteiger partial charge in [0.1, 0.15) is 0 Å². The Morgan fingerprint density at radius 3 is 2.18 bits per heavy atom. The SMILES string of the molecule is C(=C1CCCN1)C(=N[C@@H]1CCC[C@H]1C1CCCCC1)c1ccccc1.O=C(O)/C=C/C(=O)O. The maximum absolute atomic E-state index is 9.55. The Bertz CT molecular complexity index is 845. The van der Waals surface area contributed by atoms with Gasteiger partial charge in [-0.05, 0) is 49.2 Å². The van der Waals surface area contributed by atoms with Crippen molar-refractivity contribution in [3.63, 3.8) is 0 Å². The first-order valence-corrected chi connectivity index (χ1v) is 12.2. The second-order valence-electron chi connectivity index (χ2n) is 9.15. The van der Waals surface area contributed by atoms with E-state index < -0.39 is 11.9 Å². The maximum atomic E-state index is 9.55. The van der Waals surface area contributed by atoms with Gasteiger partial charge in [-0.3, -0.25) is 4.99 Å². The topological polar surface area (TPSA) is 99.0 Å². The Balaban J connectivity index is 0.000000331. The zero-order valence-corrected chi connectivity index (χ0v) is 19.3. The molecule has 33 heavy (non-hydrogen) atoms. The van der Waals surface area contributed by atoms with Gasteiger partial charge in [-0.25, -0.2) is 9.59 Å². The number of benzene rings is 1. The van der Waals surface area contributed by atoms with Crippen LogP contribution in [-0.4, -0.2) is 40.4 Å². The van der Waals surface area contributed by atoms with E-state index in [-0.39, 0.29) is 0 Å². The van der Waals surface area contributed by atoms with Gasteiger partial charge < -0.3 is 15.5 Å². The molecule has 1 saturated heterocycles. The van der Waals surface area contributed by atoms with Crippen molar-refractivity contribution in [3.8, 4) is 0 Å². The van der Waals surface area contributed by atoms with Crippen LogP contribution in [0.15, 0.2) is 59.2 Å². The van der Waals surface area contributed by atoms with Gasteiger partial charge >= 0.3 is 11.9 Å². The van der Waals surface area contributed by atoms with Crippen molar-refractivity contribution < 1.29 is 19.8 Å². The number of rotatable bonds is 6. The van der Waals surface area contributed by atoms with Gasteiger partial charge in [-0.2, -0.15) is 0 Å². The van der Waals surface area contributed by atoms with Gasteiger partial charge in [-0.1, -0.05) is 68.9 Å².